The molecule has 0 radical (unpaired) electrons. The first-order valence-corrected chi connectivity index (χ1v) is 9.15. The number of ether oxygens (including phenoxy) is 1. The van der Waals surface area contributed by atoms with Gasteiger partial charge in [-0.25, -0.2) is 0 Å². The Balaban J connectivity index is 1.48. The molecule has 23 heavy (non-hydrogen) atoms. The largest absolute Gasteiger partial charge is 0.451 e. The van der Waals surface area contributed by atoms with Crippen LogP contribution in [0.5, 0.6) is 0 Å². The van der Waals surface area contributed by atoms with Crippen molar-refractivity contribution in [2.24, 2.45) is 0 Å². The number of anilines is 2. The van der Waals surface area contributed by atoms with Gasteiger partial charge in [0.25, 0.3) is 10.0 Å². The van der Waals surface area contributed by atoms with Crippen LogP contribution < -0.4 is 9.62 Å². The van der Waals surface area contributed by atoms with E-state index in [1.54, 1.807) is 18.2 Å². The summed E-state index contributed by atoms with van der Waals surface area (Å²) in [5.74, 6) is 0. The van der Waals surface area contributed by atoms with E-state index in [0.29, 0.717) is 17.9 Å². The number of fused-ring (bicyclic) bond motifs is 2. The van der Waals surface area contributed by atoms with Crippen molar-refractivity contribution in [3.8, 4) is 0 Å². The number of nitrogens with zero attached hydrogens (tertiary/aromatic N) is 1. The van der Waals surface area contributed by atoms with Gasteiger partial charge in [0.2, 0.25) is 5.09 Å². The number of hydrogen-bond donors (Lipinski definition) is 1. The highest BCUT2D eigenvalue weighted by atomic mass is 32.2. The summed E-state index contributed by atoms with van der Waals surface area (Å²) in [4.78, 5) is 2.30. The molecule has 2 aliphatic heterocycles. The van der Waals surface area contributed by atoms with E-state index in [1.807, 2.05) is 12.1 Å². The summed E-state index contributed by atoms with van der Waals surface area (Å²) < 4.78 is 37.5. The molecule has 0 saturated carbocycles. The number of morpholine rings is 1. The van der Waals surface area contributed by atoms with Gasteiger partial charge in [0, 0.05) is 24.5 Å². The molecule has 2 bridgehead atoms. The first-order valence-electron chi connectivity index (χ1n) is 7.67. The molecular formula is C16H18N2O4S. The van der Waals surface area contributed by atoms with Crippen LogP contribution in [-0.4, -0.2) is 33.7 Å². The average molecular weight is 334 g/mol. The van der Waals surface area contributed by atoms with Crippen LogP contribution >= 0.6 is 0 Å². The van der Waals surface area contributed by atoms with Gasteiger partial charge in [0.15, 0.2) is 0 Å². The van der Waals surface area contributed by atoms with E-state index in [-0.39, 0.29) is 5.09 Å². The molecule has 0 aliphatic carbocycles. The van der Waals surface area contributed by atoms with E-state index in [9.17, 15) is 8.42 Å². The second-order valence-corrected chi connectivity index (χ2v) is 7.56. The van der Waals surface area contributed by atoms with Crippen LogP contribution in [0.25, 0.3) is 0 Å². The Morgan fingerprint density at radius 2 is 1.74 bits per heavy atom. The quantitative estimate of drug-likeness (QED) is 0.930. The number of nitrogens with one attached hydrogen (secondary N) is 1. The summed E-state index contributed by atoms with van der Waals surface area (Å²) in [7, 11) is -3.67. The summed E-state index contributed by atoms with van der Waals surface area (Å²) in [5, 5.41) is -0.0914. The fourth-order valence-corrected chi connectivity index (χ4v) is 4.17. The SMILES string of the molecule is O=S(=O)(Nc1ccc(N2CC3CCC(C2)O3)cc1)c1ccco1. The van der Waals surface area contributed by atoms with Crippen molar-refractivity contribution in [3.05, 3.63) is 42.7 Å². The van der Waals surface area contributed by atoms with Gasteiger partial charge in [-0.1, -0.05) is 0 Å². The number of sulfonamides is 1. The number of benzene rings is 1. The van der Waals surface area contributed by atoms with Gasteiger partial charge in [-0.15, -0.1) is 0 Å². The highest BCUT2D eigenvalue weighted by molar-refractivity contribution is 7.92. The van der Waals surface area contributed by atoms with E-state index >= 15 is 0 Å². The minimum atomic E-state index is -3.67. The smallest absolute Gasteiger partial charge is 0.295 e. The highest BCUT2D eigenvalue weighted by Gasteiger charge is 2.33. The molecule has 2 fully saturated rings. The van der Waals surface area contributed by atoms with Crippen molar-refractivity contribution in [2.75, 3.05) is 22.7 Å². The minimum Gasteiger partial charge on any atom is -0.451 e. The van der Waals surface area contributed by atoms with E-state index < -0.39 is 10.0 Å². The second kappa shape index (κ2) is 5.58. The Morgan fingerprint density at radius 1 is 1.04 bits per heavy atom. The van der Waals surface area contributed by atoms with Crippen molar-refractivity contribution in [3.63, 3.8) is 0 Å². The minimum absolute atomic E-state index is 0.0914. The maximum Gasteiger partial charge on any atom is 0.295 e. The molecule has 1 aromatic carbocycles. The number of furan rings is 1. The van der Waals surface area contributed by atoms with E-state index in [4.69, 9.17) is 9.15 Å². The Kier molecular flexibility index (Phi) is 3.54. The molecule has 3 heterocycles. The van der Waals surface area contributed by atoms with Gasteiger partial charge < -0.3 is 14.1 Å². The predicted molar refractivity (Wildman–Crippen MR) is 86.1 cm³/mol. The number of rotatable bonds is 4. The Labute approximate surface area is 135 Å². The zero-order chi connectivity index (χ0) is 15.9. The van der Waals surface area contributed by atoms with Gasteiger partial charge >= 0.3 is 0 Å². The predicted octanol–water partition coefficient (Wildman–Crippen LogP) is 2.45. The average Bonchev–Trinajstić information content (AvgIpc) is 3.18. The molecule has 1 N–H and O–H groups in total. The Morgan fingerprint density at radius 3 is 2.35 bits per heavy atom. The molecule has 2 saturated heterocycles. The first kappa shape index (κ1) is 14.6. The zero-order valence-electron chi connectivity index (χ0n) is 12.5. The first-order chi connectivity index (χ1) is 11.1. The molecule has 6 nitrogen and oxygen atoms in total. The third kappa shape index (κ3) is 2.94. The van der Waals surface area contributed by atoms with Gasteiger partial charge in [0.1, 0.15) is 0 Å². The third-order valence-corrected chi connectivity index (χ3v) is 5.55. The van der Waals surface area contributed by atoms with Crippen LogP contribution in [-0.2, 0) is 14.8 Å². The lowest BCUT2D eigenvalue weighted by Gasteiger charge is -2.33. The molecule has 2 aliphatic rings. The van der Waals surface area contributed by atoms with Crippen molar-refractivity contribution in [1.82, 2.24) is 0 Å². The summed E-state index contributed by atoms with van der Waals surface area (Å²) >= 11 is 0. The second-order valence-electron chi connectivity index (χ2n) is 5.95. The fraction of sp³-hybridized carbons (Fsp3) is 0.375. The zero-order valence-corrected chi connectivity index (χ0v) is 13.3. The molecule has 122 valence electrons. The number of hydrogen-bond acceptors (Lipinski definition) is 5. The van der Waals surface area contributed by atoms with Crippen LogP contribution in [0.1, 0.15) is 12.8 Å². The Hall–Kier alpha value is -1.99. The normalized spacial score (nSPS) is 23.9. The summed E-state index contributed by atoms with van der Waals surface area (Å²) in [5.41, 5.74) is 1.60. The van der Waals surface area contributed by atoms with Crippen LogP contribution in [0, 0.1) is 0 Å². The fourth-order valence-electron chi connectivity index (χ4n) is 3.19. The van der Waals surface area contributed by atoms with Gasteiger partial charge in [-0.2, -0.15) is 8.42 Å². The van der Waals surface area contributed by atoms with Crippen molar-refractivity contribution < 1.29 is 17.6 Å². The van der Waals surface area contributed by atoms with E-state index in [1.165, 1.54) is 12.3 Å². The third-order valence-electron chi connectivity index (χ3n) is 4.29. The lowest BCUT2D eigenvalue weighted by molar-refractivity contribution is 0.0305. The summed E-state index contributed by atoms with van der Waals surface area (Å²) in [6.07, 6.45) is 4.24. The maximum absolute atomic E-state index is 12.1. The van der Waals surface area contributed by atoms with E-state index in [2.05, 4.69) is 9.62 Å². The van der Waals surface area contributed by atoms with E-state index in [0.717, 1.165) is 31.6 Å². The highest BCUT2D eigenvalue weighted by Crippen LogP contribution is 2.30. The molecule has 2 unspecified atom stereocenters. The van der Waals surface area contributed by atoms with Crippen LogP contribution in [0.15, 0.2) is 52.2 Å². The maximum atomic E-state index is 12.1. The molecule has 7 heteroatoms. The summed E-state index contributed by atoms with van der Waals surface area (Å²) in [6, 6.07) is 10.4. The molecule has 1 aromatic heterocycles. The monoisotopic (exact) mass is 334 g/mol. The molecular weight excluding hydrogens is 316 g/mol. The van der Waals surface area contributed by atoms with Gasteiger partial charge in [0.05, 0.1) is 18.5 Å². The summed E-state index contributed by atoms with van der Waals surface area (Å²) in [6.45, 7) is 1.79. The van der Waals surface area contributed by atoms with Crippen LogP contribution in [0.4, 0.5) is 11.4 Å². The molecule has 2 atom stereocenters. The molecule has 0 spiro atoms. The Bertz CT molecular complexity index is 759. The van der Waals surface area contributed by atoms with Crippen LogP contribution in [0.2, 0.25) is 0 Å². The molecule has 0 amide bonds. The lowest BCUT2D eigenvalue weighted by Crippen LogP contribution is -2.42. The molecule has 4 rings (SSSR count). The van der Waals surface area contributed by atoms with Crippen molar-refractivity contribution >= 4 is 21.4 Å². The lowest BCUT2D eigenvalue weighted by atomic mass is 10.2. The van der Waals surface area contributed by atoms with Crippen molar-refractivity contribution in [2.45, 2.75) is 30.1 Å². The van der Waals surface area contributed by atoms with Crippen LogP contribution in [0.3, 0.4) is 0 Å². The van der Waals surface area contributed by atoms with Gasteiger partial charge in [-0.05, 0) is 49.2 Å². The topological polar surface area (TPSA) is 71.8 Å². The van der Waals surface area contributed by atoms with Gasteiger partial charge in [-0.3, -0.25) is 4.72 Å². The standard InChI is InChI=1S/C16H18N2O4S/c19-23(20,16-2-1-9-21-16)17-12-3-5-13(6-4-12)18-10-14-7-8-15(11-18)22-14/h1-6,9,14-15,17H,7-8,10-11H2. The molecule has 2 aromatic rings. The van der Waals surface area contributed by atoms with Crippen molar-refractivity contribution in [1.29, 1.82) is 0 Å².